The molecular weight excluding hydrogens is 298 g/mol. The third-order valence-electron chi connectivity index (χ3n) is 3.51. The first kappa shape index (κ1) is 15.5. The van der Waals surface area contributed by atoms with E-state index in [4.69, 9.17) is 11.6 Å². The molecule has 0 saturated heterocycles. The molecule has 0 aromatic carbocycles. The molecule has 1 aliphatic rings. The molecule has 112 valence electrons. The second kappa shape index (κ2) is 6.74. The quantitative estimate of drug-likeness (QED) is 0.846. The number of sulfonamides is 1. The second-order valence-corrected chi connectivity index (χ2v) is 7.21. The van der Waals surface area contributed by atoms with Crippen molar-refractivity contribution in [1.29, 1.82) is 0 Å². The summed E-state index contributed by atoms with van der Waals surface area (Å²) in [5.41, 5.74) is 0. The van der Waals surface area contributed by atoms with Crippen LogP contribution in [0.2, 0.25) is 5.02 Å². The summed E-state index contributed by atoms with van der Waals surface area (Å²) < 4.78 is 27.0. The number of hydrogen-bond donors (Lipinski definition) is 2. The first-order valence-corrected chi connectivity index (χ1v) is 8.78. The average Bonchev–Trinajstić information content (AvgIpc) is 2.92. The summed E-state index contributed by atoms with van der Waals surface area (Å²) in [5.74, 6) is 0.957. The Balaban J connectivity index is 2.06. The summed E-state index contributed by atoms with van der Waals surface area (Å²) in [6.45, 7) is 3.10. The lowest BCUT2D eigenvalue weighted by molar-refractivity contribution is 0.519. The Bertz CT molecular complexity index is 557. The summed E-state index contributed by atoms with van der Waals surface area (Å²) in [6.07, 6.45) is 5.91. The van der Waals surface area contributed by atoms with Crippen LogP contribution in [0.3, 0.4) is 0 Å². The lowest BCUT2D eigenvalue weighted by Gasteiger charge is -2.12. The molecule has 1 fully saturated rings. The van der Waals surface area contributed by atoms with Crippen molar-refractivity contribution < 1.29 is 8.42 Å². The third kappa shape index (κ3) is 3.84. The third-order valence-corrected chi connectivity index (χ3v) is 5.19. The van der Waals surface area contributed by atoms with Crippen molar-refractivity contribution in [3.63, 3.8) is 0 Å². The van der Waals surface area contributed by atoms with Gasteiger partial charge in [-0.3, -0.25) is 0 Å². The van der Waals surface area contributed by atoms with Crippen molar-refractivity contribution in [3.05, 3.63) is 17.3 Å². The minimum atomic E-state index is -3.53. The number of rotatable bonds is 6. The highest BCUT2D eigenvalue weighted by Crippen LogP contribution is 2.25. The van der Waals surface area contributed by atoms with E-state index in [-0.39, 0.29) is 4.90 Å². The highest BCUT2D eigenvalue weighted by atomic mass is 35.5. The molecule has 1 aliphatic carbocycles. The Morgan fingerprint density at radius 3 is 2.70 bits per heavy atom. The van der Waals surface area contributed by atoms with Gasteiger partial charge >= 0.3 is 0 Å². The molecule has 0 atom stereocenters. The molecule has 1 aromatic heterocycles. The van der Waals surface area contributed by atoms with Crippen LogP contribution in [0.5, 0.6) is 0 Å². The minimum Gasteiger partial charge on any atom is -0.369 e. The zero-order valence-electron chi connectivity index (χ0n) is 11.5. The predicted molar refractivity (Wildman–Crippen MR) is 80.6 cm³/mol. The standard InChI is InChI=1S/C13H20ClN3O2S/c1-2-15-13-12(14)7-11(9-16-13)20(18,19)17-8-10-5-3-4-6-10/h7,9-10,17H,2-6,8H2,1H3,(H,15,16). The smallest absolute Gasteiger partial charge is 0.242 e. The number of nitrogens with zero attached hydrogens (tertiary/aromatic N) is 1. The Labute approximate surface area is 125 Å². The Hall–Kier alpha value is -0.850. The zero-order chi connectivity index (χ0) is 14.6. The Morgan fingerprint density at radius 2 is 2.10 bits per heavy atom. The molecular formula is C13H20ClN3O2S. The maximum absolute atomic E-state index is 12.2. The van der Waals surface area contributed by atoms with Crippen LogP contribution in [0.1, 0.15) is 32.6 Å². The number of hydrogen-bond acceptors (Lipinski definition) is 4. The van der Waals surface area contributed by atoms with Crippen LogP contribution in [0.25, 0.3) is 0 Å². The van der Waals surface area contributed by atoms with Crippen molar-refractivity contribution in [2.45, 2.75) is 37.5 Å². The molecule has 7 heteroatoms. The Kier molecular flexibility index (Phi) is 5.23. The van der Waals surface area contributed by atoms with Gasteiger partial charge in [-0.25, -0.2) is 18.1 Å². The zero-order valence-corrected chi connectivity index (χ0v) is 13.1. The molecule has 0 unspecified atom stereocenters. The fourth-order valence-electron chi connectivity index (χ4n) is 2.39. The van der Waals surface area contributed by atoms with Gasteiger partial charge < -0.3 is 5.32 Å². The van der Waals surface area contributed by atoms with Gasteiger partial charge in [-0.15, -0.1) is 0 Å². The van der Waals surface area contributed by atoms with Gasteiger partial charge in [0.1, 0.15) is 10.7 Å². The summed E-state index contributed by atoms with van der Waals surface area (Å²) in [6, 6.07) is 1.43. The van der Waals surface area contributed by atoms with Gasteiger partial charge in [-0.1, -0.05) is 24.4 Å². The van der Waals surface area contributed by atoms with Crippen LogP contribution < -0.4 is 10.0 Å². The van der Waals surface area contributed by atoms with Crippen molar-refractivity contribution >= 4 is 27.4 Å². The number of nitrogens with one attached hydrogen (secondary N) is 2. The maximum Gasteiger partial charge on any atom is 0.242 e. The van der Waals surface area contributed by atoms with E-state index in [0.29, 0.717) is 29.8 Å². The lowest BCUT2D eigenvalue weighted by atomic mass is 10.1. The normalized spacial score (nSPS) is 16.5. The van der Waals surface area contributed by atoms with E-state index < -0.39 is 10.0 Å². The predicted octanol–water partition coefficient (Wildman–Crippen LogP) is 2.64. The number of halogens is 1. The van der Waals surface area contributed by atoms with E-state index in [9.17, 15) is 8.42 Å². The molecule has 0 radical (unpaired) electrons. The van der Waals surface area contributed by atoms with Crippen molar-refractivity contribution in [2.24, 2.45) is 5.92 Å². The average molecular weight is 318 g/mol. The topological polar surface area (TPSA) is 71.1 Å². The maximum atomic E-state index is 12.2. The van der Waals surface area contributed by atoms with Crippen LogP contribution in [-0.4, -0.2) is 26.5 Å². The molecule has 0 bridgehead atoms. The molecule has 5 nitrogen and oxygen atoms in total. The van der Waals surface area contributed by atoms with E-state index in [2.05, 4.69) is 15.0 Å². The van der Waals surface area contributed by atoms with E-state index >= 15 is 0 Å². The van der Waals surface area contributed by atoms with Crippen LogP contribution in [-0.2, 0) is 10.0 Å². The number of anilines is 1. The molecule has 0 aliphatic heterocycles. The molecule has 0 spiro atoms. The lowest BCUT2D eigenvalue weighted by Crippen LogP contribution is -2.28. The van der Waals surface area contributed by atoms with Gasteiger partial charge in [0.2, 0.25) is 10.0 Å². The minimum absolute atomic E-state index is 0.113. The SMILES string of the molecule is CCNc1ncc(S(=O)(=O)NCC2CCCC2)cc1Cl. The van der Waals surface area contributed by atoms with Crippen molar-refractivity contribution in [1.82, 2.24) is 9.71 Å². The van der Waals surface area contributed by atoms with Crippen LogP contribution in [0, 0.1) is 5.92 Å². The van der Waals surface area contributed by atoms with E-state index in [1.807, 2.05) is 6.92 Å². The van der Waals surface area contributed by atoms with Gasteiger partial charge in [0.15, 0.2) is 0 Å². The largest absolute Gasteiger partial charge is 0.369 e. The fourth-order valence-corrected chi connectivity index (χ4v) is 3.77. The van der Waals surface area contributed by atoms with Crippen LogP contribution in [0.4, 0.5) is 5.82 Å². The monoisotopic (exact) mass is 317 g/mol. The van der Waals surface area contributed by atoms with Gasteiger partial charge in [0.05, 0.1) is 5.02 Å². The highest BCUT2D eigenvalue weighted by molar-refractivity contribution is 7.89. The Morgan fingerprint density at radius 1 is 1.40 bits per heavy atom. The second-order valence-electron chi connectivity index (χ2n) is 5.03. The van der Waals surface area contributed by atoms with Gasteiger partial charge in [0.25, 0.3) is 0 Å². The first-order valence-electron chi connectivity index (χ1n) is 6.92. The molecule has 1 aromatic rings. The van der Waals surface area contributed by atoms with Gasteiger partial charge in [0, 0.05) is 19.3 Å². The molecule has 2 rings (SSSR count). The molecule has 0 amide bonds. The van der Waals surface area contributed by atoms with Crippen molar-refractivity contribution in [2.75, 3.05) is 18.4 Å². The number of aromatic nitrogens is 1. The van der Waals surface area contributed by atoms with E-state index in [1.54, 1.807) is 0 Å². The van der Waals surface area contributed by atoms with Gasteiger partial charge in [-0.05, 0) is 31.7 Å². The van der Waals surface area contributed by atoms with E-state index in [1.165, 1.54) is 25.1 Å². The summed E-state index contributed by atoms with van der Waals surface area (Å²) in [7, 11) is -3.53. The molecule has 1 heterocycles. The summed E-state index contributed by atoms with van der Waals surface area (Å²) in [5, 5.41) is 3.29. The summed E-state index contributed by atoms with van der Waals surface area (Å²) >= 11 is 6.02. The molecule has 20 heavy (non-hydrogen) atoms. The van der Waals surface area contributed by atoms with Crippen LogP contribution in [0.15, 0.2) is 17.2 Å². The fraction of sp³-hybridized carbons (Fsp3) is 0.615. The molecule has 1 saturated carbocycles. The number of pyridine rings is 1. The molecule has 2 N–H and O–H groups in total. The van der Waals surface area contributed by atoms with Gasteiger partial charge in [-0.2, -0.15) is 0 Å². The van der Waals surface area contributed by atoms with E-state index in [0.717, 1.165) is 12.8 Å². The first-order chi connectivity index (χ1) is 9.53. The highest BCUT2D eigenvalue weighted by Gasteiger charge is 2.20. The van der Waals surface area contributed by atoms with Crippen LogP contribution >= 0.6 is 11.6 Å². The summed E-state index contributed by atoms with van der Waals surface area (Å²) in [4.78, 5) is 4.16. The van der Waals surface area contributed by atoms with Crippen molar-refractivity contribution in [3.8, 4) is 0 Å².